The first-order chi connectivity index (χ1) is 10.7. The predicted molar refractivity (Wildman–Crippen MR) is 95.4 cm³/mol. The van der Waals surface area contributed by atoms with Crippen LogP contribution in [0.25, 0.3) is 10.9 Å². The molecule has 0 fully saturated rings. The van der Waals surface area contributed by atoms with Gasteiger partial charge in [0.2, 0.25) is 0 Å². The quantitative estimate of drug-likeness (QED) is 0.782. The Kier molecular flexibility index (Phi) is 6.46. The summed E-state index contributed by atoms with van der Waals surface area (Å²) in [5.41, 5.74) is 7.43. The highest BCUT2D eigenvalue weighted by molar-refractivity contribution is 7.99. The first kappa shape index (κ1) is 17.0. The molecule has 1 atom stereocenters. The number of fused-ring (bicyclic) bond motifs is 1. The van der Waals surface area contributed by atoms with Gasteiger partial charge in [0.15, 0.2) is 0 Å². The van der Waals surface area contributed by atoms with Gasteiger partial charge in [-0.25, -0.2) is 4.98 Å². The number of aryl methyl sites for hydroxylation is 1. The van der Waals surface area contributed by atoms with Crippen molar-refractivity contribution in [3.63, 3.8) is 0 Å². The molecule has 0 aliphatic carbocycles. The largest absolute Gasteiger partial charge is 0.330 e. The molecular formula is C17H25N3OS. The van der Waals surface area contributed by atoms with Crippen molar-refractivity contribution in [1.29, 1.82) is 0 Å². The molecule has 3 N–H and O–H groups in total. The summed E-state index contributed by atoms with van der Waals surface area (Å²) in [4.78, 5) is 19.7. The average Bonchev–Trinajstić information content (AvgIpc) is 2.51. The average molecular weight is 319 g/mol. The zero-order valence-corrected chi connectivity index (χ0v) is 14.2. The van der Waals surface area contributed by atoms with E-state index in [0.717, 1.165) is 42.0 Å². The van der Waals surface area contributed by atoms with E-state index in [1.54, 1.807) is 0 Å². The summed E-state index contributed by atoms with van der Waals surface area (Å²) in [7, 11) is 0. The molecule has 0 bridgehead atoms. The van der Waals surface area contributed by atoms with Gasteiger partial charge in [0.05, 0.1) is 16.7 Å². The van der Waals surface area contributed by atoms with Gasteiger partial charge in [-0.2, -0.15) is 11.8 Å². The fraction of sp³-hybridized carbons (Fsp3) is 0.529. The summed E-state index contributed by atoms with van der Waals surface area (Å²) in [6.45, 7) is 4.94. The number of aromatic nitrogens is 2. The molecule has 4 nitrogen and oxygen atoms in total. The van der Waals surface area contributed by atoms with Gasteiger partial charge >= 0.3 is 0 Å². The summed E-state index contributed by atoms with van der Waals surface area (Å²) in [5.74, 6) is 1.51. The second-order valence-corrected chi connectivity index (χ2v) is 6.92. The van der Waals surface area contributed by atoms with Gasteiger partial charge in [0.1, 0.15) is 5.82 Å². The van der Waals surface area contributed by atoms with Crippen LogP contribution in [0.15, 0.2) is 23.0 Å². The lowest BCUT2D eigenvalue weighted by molar-refractivity contribution is 0.652. The van der Waals surface area contributed by atoms with Crippen molar-refractivity contribution in [3.05, 3.63) is 39.9 Å². The van der Waals surface area contributed by atoms with Crippen molar-refractivity contribution in [3.8, 4) is 0 Å². The zero-order chi connectivity index (χ0) is 15.9. The Balaban J connectivity index is 2.14. The monoisotopic (exact) mass is 319 g/mol. The lowest BCUT2D eigenvalue weighted by atomic mass is 10.1. The summed E-state index contributed by atoms with van der Waals surface area (Å²) in [5, 5.41) is 1.26. The molecule has 2 aromatic rings. The molecular weight excluding hydrogens is 294 g/mol. The molecule has 1 heterocycles. The Morgan fingerprint density at radius 1 is 1.36 bits per heavy atom. The maximum absolute atomic E-state index is 12.2. The standard InChI is InChI=1S/C17H25N3OS/c1-3-6-13(8-5-10-18)22-11-15-19-16-12(2)7-4-9-14(16)17(21)20-15/h4,7,9,13H,3,5-6,8,10-11,18H2,1-2H3,(H,19,20,21)/t13-/m1/s1. The minimum atomic E-state index is -0.0432. The molecule has 0 aliphatic rings. The van der Waals surface area contributed by atoms with E-state index in [9.17, 15) is 4.79 Å². The SMILES string of the molecule is CCC[C@H](CCCN)SCc1nc2c(C)cccc2c(=O)[nH]1. The molecule has 120 valence electrons. The van der Waals surface area contributed by atoms with Gasteiger partial charge < -0.3 is 10.7 Å². The first-order valence-corrected chi connectivity index (χ1v) is 9.00. The van der Waals surface area contributed by atoms with Crippen molar-refractivity contribution in [1.82, 2.24) is 9.97 Å². The van der Waals surface area contributed by atoms with Crippen LogP contribution in [0.3, 0.4) is 0 Å². The van der Waals surface area contributed by atoms with E-state index >= 15 is 0 Å². The van der Waals surface area contributed by atoms with E-state index in [2.05, 4.69) is 16.9 Å². The van der Waals surface area contributed by atoms with Gasteiger partial charge in [0, 0.05) is 5.25 Å². The van der Waals surface area contributed by atoms with Crippen LogP contribution in [0, 0.1) is 6.92 Å². The molecule has 0 spiro atoms. The number of aromatic amines is 1. The molecule has 5 heteroatoms. The van der Waals surface area contributed by atoms with Gasteiger partial charge in [-0.3, -0.25) is 4.79 Å². The third kappa shape index (κ3) is 4.34. The third-order valence-electron chi connectivity index (χ3n) is 3.78. The Morgan fingerprint density at radius 3 is 2.91 bits per heavy atom. The maximum atomic E-state index is 12.2. The van der Waals surface area contributed by atoms with Gasteiger partial charge in [-0.1, -0.05) is 25.5 Å². The van der Waals surface area contributed by atoms with E-state index in [-0.39, 0.29) is 5.56 Å². The number of rotatable bonds is 8. The van der Waals surface area contributed by atoms with Crippen LogP contribution in [0.4, 0.5) is 0 Å². The number of hydrogen-bond donors (Lipinski definition) is 2. The van der Waals surface area contributed by atoms with Crippen molar-refractivity contribution in [2.24, 2.45) is 5.73 Å². The van der Waals surface area contributed by atoms with Gasteiger partial charge in [-0.05, 0) is 44.4 Å². The van der Waals surface area contributed by atoms with Crippen molar-refractivity contribution in [2.45, 2.75) is 50.5 Å². The Bertz CT molecular complexity index is 668. The van der Waals surface area contributed by atoms with Crippen LogP contribution in [-0.4, -0.2) is 21.8 Å². The number of nitrogens with zero attached hydrogens (tertiary/aromatic N) is 1. The maximum Gasteiger partial charge on any atom is 0.258 e. The number of thioether (sulfide) groups is 1. The molecule has 0 amide bonds. The van der Waals surface area contributed by atoms with E-state index < -0.39 is 0 Å². The molecule has 1 aromatic carbocycles. The number of hydrogen-bond acceptors (Lipinski definition) is 4. The Hall–Kier alpha value is -1.33. The molecule has 0 saturated carbocycles. The number of H-pyrrole nitrogens is 1. The van der Waals surface area contributed by atoms with Crippen LogP contribution < -0.4 is 11.3 Å². The van der Waals surface area contributed by atoms with E-state index in [1.165, 1.54) is 12.8 Å². The summed E-state index contributed by atoms with van der Waals surface area (Å²) >= 11 is 1.87. The number of para-hydroxylation sites is 1. The second-order valence-electron chi connectivity index (χ2n) is 5.64. The highest BCUT2D eigenvalue weighted by Crippen LogP contribution is 2.24. The molecule has 1 aromatic heterocycles. The summed E-state index contributed by atoms with van der Waals surface area (Å²) < 4.78 is 0. The number of nitrogens with one attached hydrogen (secondary N) is 1. The highest BCUT2D eigenvalue weighted by Gasteiger charge is 2.11. The van der Waals surface area contributed by atoms with Crippen LogP contribution >= 0.6 is 11.8 Å². The smallest absolute Gasteiger partial charge is 0.258 e. The van der Waals surface area contributed by atoms with Gasteiger partial charge in [0.25, 0.3) is 5.56 Å². The predicted octanol–water partition coefficient (Wildman–Crippen LogP) is 3.37. The minimum Gasteiger partial charge on any atom is -0.330 e. The molecule has 0 saturated heterocycles. The van der Waals surface area contributed by atoms with Crippen LogP contribution in [0.1, 0.15) is 44.0 Å². The lowest BCUT2D eigenvalue weighted by Crippen LogP contribution is -2.13. The third-order valence-corrected chi connectivity index (χ3v) is 5.17. The van der Waals surface area contributed by atoms with Crippen LogP contribution in [0.5, 0.6) is 0 Å². The Morgan fingerprint density at radius 2 is 2.18 bits per heavy atom. The van der Waals surface area contributed by atoms with Crippen molar-refractivity contribution in [2.75, 3.05) is 6.54 Å². The highest BCUT2D eigenvalue weighted by atomic mass is 32.2. The zero-order valence-electron chi connectivity index (χ0n) is 13.4. The first-order valence-electron chi connectivity index (χ1n) is 7.96. The normalized spacial score (nSPS) is 12.7. The van der Waals surface area contributed by atoms with E-state index in [1.807, 2.05) is 36.9 Å². The van der Waals surface area contributed by atoms with E-state index in [4.69, 9.17) is 5.73 Å². The summed E-state index contributed by atoms with van der Waals surface area (Å²) in [6.07, 6.45) is 4.54. The Labute approximate surface area is 135 Å². The second kappa shape index (κ2) is 8.34. The van der Waals surface area contributed by atoms with E-state index in [0.29, 0.717) is 10.6 Å². The van der Waals surface area contributed by atoms with Gasteiger partial charge in [-0.15, -0.1) is 0 Å². The lowest BCUT2D eigenvalue weighted by Gasteiger charge is -2.15. The molecule has 0 unspecified atom stereocenters. The molecule has 2 rings (SSSR count). The fourth-order valence-electron chi connectivity index (χ4n) is 2.60. The minimum absolute atomic E-state index is 0.0432. The molecule has 0 radical (unpaired) electrons. The summed E-state index contributed by atoms with van der Waals surface area (Å²) in [6, 6.07) is 5.71. The van der Waals surface area contributed by atoms with Crippen molar-refractivity contribution >= 4 is 22.7 Å². The topological polar surface area (TPSA) is 71.8 Å². The fourth-order valence-corrected chi connectivity index (χ4v) is 3.86. The number of nitrogens with two attached hydrogens (primary N) is 1. The van der Waals surface area contributed by atoms with Crippen molar-refractivity contribution < 1.29 is 0 Å². The van der Waals surface area contributed by atoms with Crippen LogP contribution in [0.2, 0.25) is 0 Å². The van der Waals surface area contributed by atoms with Crippen LogP contribution in [-0.2, 0) is 5.75 Å². The molecule has 0 aliphatic heterocycles. The number of benzene rings is 1. The molecule has 22 heavy (non-hydrogen) atoms.